The molecule has 0 spiro atoms. The second-order valence-electron chi connectivity index (χ2n) is 11.5. The Labute approximate surface area is 222 Å². The fourth-order valence-corrected chi connectivity index (χ4v) is 6.62. The summed E-state index contributed by atoms with van der Waals surface area (Å²) in [4.78, 5) is 16.0. The zero-order valence-corrected chi connectivity index (χ0v) is 21.7. The largest absolute Gasteiger partial charge is 0.491 e. The summed E-state index contributed by atoms with van der Waals surface area (Å²) in [5, 5.41) is 1.35. The van der Waals surface area contributed by atoms with Crippen LogP contribution in [0.4, 0.5) is 4.39 Å². The summed E-state index contributed by atoms with van der Waals surface area (Å²) in [6.45, 7) is 2.53. The van der Waals surface area contributed by atoms with Crippen molar-refractivity contribution in [1.82, 2.24) is 9.47 Å². The van der Waals surface area contributed by atoms with E-state index in [1.807, 2.05) is 18.2 Å². The van der Waals surface area contributed by atoms with Crippen LogP contribution in [0.5, 0.6) is 11.5 Å². The maximum atomic E-state index is 15.2. The number of hydrogen-bond acceptors (Lipinski definition) is 5. The van der Waals surface area contributed by atoms with Crippen molar-refractivity contribution in [2.45, 2.75) is 75.7 Å². The fraction of sp³-hybridized carbons (Fsp3) is 0.516. The molecule has 3 saturated heterocycles. The standard InChI is InChI=1S/C31H35FN2O4/c32-29-17-24(7-10-30(29)38-27-15-22-5-6-23(16-27)34(22)18-20-3-4-20)33-12-11-21-14-25(8-9-28(21)31(33)35)37-19-26-2-1-13-36-26/h7-12,14,17,20,22-23,26-27H,1-6,13,15-16,18-19H2/t22-,23+,26-,27?/m1/s1. The van der Waals surface area contributed by atoms with E-state index in [-0.39, 0.29) is 23.5 Å². The van der Waals surface area contributed by atoms with Gasteiger partial charge in [-0.1, -0.05) is 0 Å². The lowest BCUT2D eigenvalue weighted by Gasteiger charge is -2.39. The van der Waals surface area contributed by atoms with Gasteiger partial charge < -0.3 is 14.2 Å². The van der Waals surface area contributed by atoms with Gasteiger partial charge in [0.1, 0.15) is 18.5 Å². The Morgan fingerprint density at radius 2 is 1.82 bits per heavy atom. The van der Waals surface area contributed by atoms with Crippen LogP contribution in [-0.2, 0) is 4.74 Å². The van der Waals surface area contributed by atoms with Gasteiger partial charge in [-0.25, -0.2) is 4.39 Å². The van der Waals surface area contributed by atoms with Gasteiger partial charge in [-0.2, -0.15) is 0 Å². The third-order valence-electron chi connectivity index (χ3n) is 8.83. The Morgan fingerprint density at radius 1 is 0.974 bits per heavy atom. The molecule has 2 aromatic carbocycles. The van der Waals surface area contributed by atoms with E-state index in [1.165, 1.54) is 42.9 Å². The molecule has 7 heteroatoms. The van der Waals surface area contributed by atoms with E-state index in [2.05, 4.69) is 4.90 Å². The first-order chi connectivity index (χ1) is 18.6. The van der Waals surface area contributed by atoms with Crippen LogP contribution in [-0.4, -0.2) is 53.5 Å². The van der Waals surface area contributed by atoms with Crippen LogP contribution >= 0.6 is 0 Å². The number of hydrogen-bond donors (Lipinski definition) is 0. The molecule has 0 radical (unpaired) electrons. The van der Waals surface area contributed by atoms with Crippen molar-refractivity contribution in [3.63, 3.8) is 0 Å². The molecule has 1 unspecified atom stereocenters. The monoisotopic (exact) mass is 518 g/mol. The van der Waals surface area contributed by atoms with Crippen LogP contribution < -0.4 is 15.0 Å². The van der Waals surface area contributed by atoms with E-state index in [1.54, 1.807) is 24.4 Å². The molecule has 0 amide bonds. The van der Waals surface area contributed by atoms with E-state index >= 15 is 4.39 Å². The van der Waals surface area contributed by atoms with Gasteiger partial charge in [0, 0.05) is 42.9 Å². The second-order valence-corrected chi connectivity index (χ2v) is 11.5. The number of ether oxygens (including phenoxy) is 3. The van der Waals surface area contributed by atoms with Gasteiger partial charge in [-0.3, -0.25) is 14.3 Å². The Balaban J connectivity index is 1.04. The number of halogens is 1. The molecule has 2 bridgehead atoms. The fourth-order valence-electron chi connectivity index (χ4n) is 6.62. The summed E-state index contributed by atoms with van der Waals surface area (Å²) in [5.74, 6) is 1.45. The average Bonchev–Trinajstić information content (AvgIpc) is 3.52. The van der Waals surface area contributed by atoms with Crippen molar-refractivity contribution in [1.29, 1.82) is 0 Å². The molecule has 7 rings (SSSR count). The minimum absolute atomic E-state index is 0.0448. The molecule has 6 nitrogen and oxygen atoms in total. The van der Waals surface area contributed by atoms with Gasteiger partial charge >= 0.3 is 0 Å². The Morgan fingerprint density at radius 3 is 2.55 bits per heavy atom. The summed E-state index contributed by atoms with van der Waals surface area (Å²) in [5.41, 5.74) is 0.292. The number of piperidine rings is 1. The predicted molar refractivity (Wildman–Crippen MR) is 144 cm³/mol. The molecule has 200 valence electrons. The van der Waals surface area contributed by atoms with Crippen molar-refractivity contribution in [2.75, 3.05) is 19.8 Å². The summed E-state index contributed by atoms with van der Waals surface area (Å²) >= 11 is 0. The van der Waals surface area contributed by atoms with Gasteiger partial charge in [0.05, 0.1) is 11.8 Å². The highest BCUT2D eigenvalue weighted by molar-refractivity contribution is 5.83. The van der Waals surface area contributed by atoms with E-state index in [9.17, 15) is 4.79 Å². The normalized spacial score (nSPS) is 27.2. The average molecular weight is 519 g/mol. The molecule has 3 aromatic rings. The lowest BCUT2D eigenvalue weighted by Crippen LogP contribution is -2.47. The van der Waals surface area contributed by atoms with E-state index in [4.69, 9.17) is 14.2 Å². The quantitative estimate of drug-likeness (QED) is 0.396. The highest BCUT2D eigenvalue weighted by atomic mass is 19.1. The summed E-state index contributed by atoms with van der Waals surface area (Å²) in [6, 6.07) is 13.3. The lowest BCUT2D eigenvalue weighted by atomic mass is 9.99. The smallest absolute Gasteiger partial charge is 0.262 e. The Kier molecular flexibility index (Phi) is 6.36. The van der Waals surface area contributed by atoms with Crippen LogP contribution in [0.1, 0.15) is 51.4 Å². The molecule has 38 heavy (non-hydrogen) atoms. The Hall–Kier alpha value is -2.90. The molecule has 1 aliphatic carbocycles. The molecular weight excluding hydrogens is 483 g/mol. The summed E-state index contributed by atoms with van der Waals surface area (Å²) < 4.78 is 34.4. The van der Waals surface area contributed by atoms with Crippen molar-refractivity contribution < 1.29 is 18.6 Å². The maximum absolute atomic E-state index is 15.2. The zero-order valence-electron chi connectivity index (χ0n) is 21.7. The molecule has 4 fully saturated rings. The molecule has 3 aliphatic heterocycles. The van der Waals surface area contributed by atoms with E-state index in [0.717, 1.165) is 43.6 Å². The van der Waals surface area contributed by atoms with Gasteiger partial charge in [0.25, 0.3) is 5.56 Å². The molecule has 1 saturated carbocycles. The Bertz CT molecular complexity index is 1370. The second kappa shape index (κ2) is 10.0. The van der Waals surface area contributed by atoms with Crippen LogP contribution in [0.2, 0.25) is 0 Å². The van der Waals surface area contributed by atoms with Crippen molar-refractivity contribution >= 4 is 10.8 Å². The van der Waals surface area contributed by atoms with Crippen LogP contribution in [0.3, 0.4) is 0 Å². The lowest BCUT2D eigenvalue weighted by molar-refractivity contribution is 0.0446. The van der Waals surface area contributed by atoms with Gasteiger partial charge in [-0.15, -0.1) is 0 Å². The van der Waals surface area contributed by atoms with Crippen LogP contribution in [0, 0.1) is 11.7 Å². The first kappa shape index (κ1) is 24.2. The van der Waals surface area contributed by atoms with Crippen LogP contribution in [0.25, 0.3) is 16.5 Å². The van der Waals surface area contributed by atoms with Gasteiger partial charge in [0.15, 0.2) is 11.6 Å². The highest BCUT2D eigenvalue weighted by Gasteiger charge is 2.43. The molecule has 4 heterocycles. The van der Waals surface area contributed by atoms with Crippen LogP contribution in [0.15, 0.2) is 53.5 Å². The number of pyridine rings is 1. The van der Waals surface area contributed by atoms with Gasteiger partial charge in [0.2, 0.25) is 0 Å². The molecule has 0 N–H and O–H groups in total. The van der Waals surface area contributed by atoms with Crippen molar-refractivity contribution in [3.8, 4) is 17.2 Å². The third kappa shape index (κ3) is 4.82. The summed E-state index contributed by atoms with van der Waals surface area (Å²) in [7, 11) is 0. The minimum atomic E-state index is -0.430. The first-order valence-electron chi connectivity index (χ1n) is 14.2. The molecule has 1 aromatic heterocycles. The van der Waals surface area contributed by atoms with E-state index < -0.39 is 5.82 Å². The topological polar surface area (TPSA) is 52.9 Å². The number of benzene rings is 2. The predicted octanol–water partition coefficient (Wildman–Crippen LogP) is 5.47. The molecular formula is C31H35FN2O4. The third-order valence-corrected chi connectivity index (χ3v) is 8.83. The number of nitrogens with zero attached hydrogens (tertiary/aromatic N) is 2. The molecule has 4 aliphatic rings. The van der Waals surface area contributed by atoms with Crippen molar-refractivity contribution in [2.24, 2.45) is 5.92 Å². The number of aromatic nitrogens is 1. The zero-order chi connectivity index (χ0) is 25.6. The SMILES string of the molecule is O=c1c2ccc(OC[C@H]3CCCO3)cc2ccn1-c1ccc(OC2C[C@H]3CC[C@@H](C2)N3CC2CC2)c(F)c1. The van der Waals surface area contributed by atoms with Crippen molar-refractivity contribution in [3.05, 3.63) is 64.8 Å². The molecule has 4 atom stereocenters. The number of rotatable bonds is 8. The maximum Gasteiger partial charge on any atom is 0.262 e. The van der Waals surface area contributed by atoms with E-state index in [0.29, 0.717) is 35.5 Å². The minimum Gasteiger partial charge on any atom is -0.491 e. The summed E-state index contributed by atoms with van der Waals surface area (Å²) in [6.07, 6.45) is 11.1. The number of fused-ring (bicyclic) bond motifs is 3. The van der Waals surface area contributed by atoms with Gasteiger partial charge in [-0.05, 0) is 99.1 Å². The highest BCUT2D eigenvalue weighted by Crippen LogP contribution is 2.41. The first-order valence-corrected chi connectivity index (χ1v) is 14.2.